The summed E-state index contributed by atoms with van der Waals surface area (Å²) in [5.41, 5.74) is 12.0. The molecule has 0 aliphatic heterocycles. The summed E-state index contributed by atoms with van der Waals surface area (Å²) in [6.45, 7) is 11.5. The first-order valence-corrected chi connectivity index (χ1v) is 19.4. The van der Waals surface area contributed by atoms with E-state index in [2.05, 4.69) is 15.3 Å². The molecular formula is C42H52Cl2N4O7. The number of H-pyrrole nitrogens is 2. The normalized spacial score (nSPS) is 14.1. The third-order valence-electron chi connectivity index (χ3n) is 9.93. The van der Waals surface area contributed by atoms with E-state index in [9.17, 15) is 19.2 Å². The number of rotatable bonds is 9. The van der Waals surface area contributed by atoms with Crippen molar-refractivity contribution >= 4 is 35.1 Å². The molecule has 2 aliphatic carbocycles. The van der Waals surface area contributed by atoms with Gasteiger partial charge >= 0.3 is 5.97 Å². The Hall–Kier alpha value is -4.58. The van der Waals surface area contributed by atoms with Gasteiger partial charge in [0.2, 0.25) is 0 Å². The van der Waals surface area contributed by atoms with Gasteiger partial charge in [-0.2, -0.15) is 0 Å². The molecule has 0 radical (unpaired) electrons. The summed E-state index contributed by atoms with van der Waals surface area (Å²) in [4.78, 5) is 52.5. The van der Waals surface area contributed by atoms with E-state index in [0.29, 0.717) is 50.3 Å². The monoisotopic (exact) mass is 794 g/mol. The maximum Gasteiger partial charge on any atom is 0.336 e. The Kier molecular flexibility index (Phi) is 15.6. The number of benzene rings is 2. The first-order chi connectivity index (χ1) is 26.1. The second-order valence-electron chi connectivity index (χ2n) is 14.3. The van der Waals surface area contributed by atoms with Crippen molar-refractivity contribution in [3.05, 3.63) is 123 Å². The summed E-state index contributed by atoms with van der Waals surface area (Å²) in [6.07, 6.45) is 9.21. The summed E-state index contributed by atoms with van der Waals surface area (Å²) >= 11 is 12.1. The molecule has 4 aromatic rings. The van der Waals surface area contributed by atoms with E-state index in [4.69, 9.17) is 43.5 Å². The van der Waals surface area contributed by atoms with Crippen LogP contribution in [0.3, 0.4) is 0 Å². The minimum atomic E-state index is -0.971. The van der Waals surface area contributed by atoms with Crippen LogP contribution < -0.4 is 31.6 Å². The van der Waals surface area contributed by atoms with Crippen molar-refractivity contribution in [3.63, 3.8) is 0 Å². The van der Waals surface area contributed by atoms with Gasteiger partial charge in [-0.15, -0.1) is 0 Å². The van der Waals surface area contributed by atoms with Gasteiger partial charge < -0.3 is 35.6 Å². The molecule has 2 heterocycles. The predicted octanol–water partition coefficient (Wildman–Crippen LogP) is 8.32. The third-order valence-corrected chi connectivity index (χ3v) is 10.4. The highest BCUT2D eigenvalue weighted by Crippen LogP contribution is 2.32. The van der Waals surface area contributed by atoms with Crippen LogP contribution in [-0.2, 0) is 13.1 Å². The van der Waals surface area contributed by atoms with E-state index in [1.54, 1.807) is 25.1 Å². The maximum atomic E-state index is 12.7. The van der Waals surface area contributed by atoms with Crippen LogP contribution in [0.4, 0.5) is 0 Å². The van der Waals surface area contributed by atoms with Crippen molar-refractivity contribution in [3.8, 4) is 11.5 Å². The summed E-state index contributed by atoms with van der Waals surface area (Å²) in [6, 6.07) is 10.4. The summed E-state index contributed by atoms with van der Waals surface area (Å²) < 4.78 is 11.9. The Bertz CT molecular complexity index is 2120. The molecule has 0 saturated heterocycles. The maximum absolute atomic E-state index is 12.7. The van der Waals surface area contributed by atoms with Gasteiger partial charge in [0.1, 0.15) is 11.5 Å². The van der Waals surface area contributed by atoms with Crippen LogP contribution in [0.1, 0.15) is 117 Å². The standard InChI is InChI=1S/C21H25ClN2O3.C13H15ClO3.C8H12N2O/c1-12-8-13(2)24-21(26)18(12)11-23-20(25)17-9-15(22)10-19(14(17)3)27-16-6-4-5-7-16;1-8-11(13(15)16)6-9(14)7-12(8)17-10-4-2-3-5-10;1-5-3-6(2)10-8(11)7(5)4-9/h8-10,16H,4-7,11H2,1-3H3,(H,23,25)(H,24,26);6-7,10H,2-5H2,1H3,(H,15,16);3H,4,9H2,1-2H3,(H,10,11). The number of halogens is 2. The second kappa shape index (κ2) is 19.8. The number of ether oxygens (including phenoxy) is 2. The molecule has 2 aromatic carbocycles. The summed E-state index contributed by atoms with van der Waals surface area (Å²) in [5, 5.41) is 12.8. The molecular weight excluding hydrogens is 743 g/mol. The van der Waals surface area contributed by atoms with Crippen molar-refractivity contribution in [2.24, 2.45) is 5.73 Å². The first-order valence-electron chi connectivity index (χ1n) is 18.6. The molecule has 6 rings (SSSR count). The number of nitrogens with two attached hydrogens (primary N) is 1. The highest BCUT2D eigenvalue weighted by atomic mass is 35.5. The van der Waals surface area contributed by atoms with E-state index >= 15 is 0 Å². The van der Waals surface area contributed by atoms with Crippen LogP contribution in [0.5, 0.6) is 11.5 Å². The van der Waals surface area contributed by atoms with Gasteiger partial charge in [0.05, 0.1) is 17.8 Å². The lowest BCUT2D eigenvalue weighted by Crippen LogP contribution is -2.28. The van der Waals surface area contributed by atoms with Crippen LogP contribution in [0, 0.1) is 41.5 Å². The molecule has 55 heavy (non-hydrogen) atoms. The summed E-state index contributed by atoms with van der Waals surface area (Å²) in [5.74, 6) is 0.0117. The highest BCUT2D eigenvalue weighted by molar-refractivity contribution is 6.31. The van der Waals surface area contributed by atoms with E-state index < -0.39 is 5.97 Å². The zero-order valence-corrected chi connectivity index (χ0v) is 33.9. The van der Waals surface area contributed by atoms with Crippen molar-refractivity contribution in [2.75, 3.05) is 0 Å². The molecule has 6 N–H and O–H groups in total. The van der Waals surface area contributed by atoms with Crippen molar-refractivity contribution in [1.82, 2.24) is 15.3 Å². The molecule has 0 unspecified atom stereocenters. The molecule has 2 aliphatic rings. The van der Waals surface area contributed by atoms with Gasteiger partial charge in [0.25, 0.3) is 17.0 Å². The number of carboxylic acid groups (broad SMARTS) is 1. The number of pyridine rings is 2. The second-order valence-corrected chi connectivity index (χ2v) is 15.2. The van der Waals surface area contributed by atoms with Crippen molar-refractivity contribution in [1.29, 1.82) is 0 Å². The lowest BCUT2D eigenvalue weighted by atomic mass is 10.1. The predicted molar refractivity (Wildman–Crippen MR) is 217 cm³/mol. The number of aromatic amines is 2. The Morgan fingerprint density at radius 1 is 0.709 bits per heavy atom. The summed E-state index contributed by atoms with van der Waals surface area (Å²) in [7, 11) is 0. The Morgan fingerprint density at radius 2 is 1.13 bits per heavy atom. The number of hydrogen-bond acceptors (Lipinski definition) is 7. The zero-order chi connectivity index (χ0) is 40.4. The largest absolute Gasteiger partial charge is 0.490 e. The van der Waals surface area contributed by atoms with Crippen molar-refractivity contribution in [2.45, 2.75) is 118 Å². The average molecular weight is 796 g/mol. The average Bonchev–Trinajstić information content (AvgIpc) is 3.82. The van der Waals surface area contributed by atoms with Crippen molar-refractivity contribution < 1.29 is 24.2 Å². The number of amides is 1. The fourth-order valence-electron chi connectivity index (χ4n) is 6.88. The van der Waals surface area contributed by atoms with Crippen LogP contribution in [0.25, 0.3) is 0 Å². The quantitative estimate of drug-likeness (QED) is 0.112. The highest BCUT2D eigenvalue weighted by Gasteiger charge is 2.22. The molecule has 2 aromatic heterocycles. The van der Waals surface area contributed by atoms with Gasteiger partial charge in [-0.25, -0.2) is 4.79 Å². The SMILES string of the molecule is Cc1c(OC2CCCC2)cc(Cl)cc1C(=O)O.Cc1cc(C)c(CN)c(=O)[nH]1.Cc1cc(C)c(CNC(=O)c2cc(Cl)cc(OC3CCCC3)c2C)c(=O)[nH]1. The molecule has 2 fully saturated rings. The van der Waals surface area contributed by atoms with Crippen LogP contribution in [0.15, 0.2) is 46.0 Å². The third kappa shape index (κ3) is 12.0. The van der Waals surface area contributed by atoms with Gasteiger partial charge in [-0.1, -0.05) is 23.2 Å². The minimum Gasteiger partial charge on any atom is -0.490 e. The Morgan fingerprint density at radius 3 is 1.55 bits per heavy atom. The van der Waals surface area contributed by atoms with E-state index in [1.807, 2.05) is 46.8 Å². The molecule has 0 atom stereocenters. The number of aromatic carboxylic acids is 1. The smallest absolute Gasteiger partial charge is 0.336 e. The molecule has 13 heteroatoms. The zero-order valence-electron chi connectivity index (χ0n) is 32.4. The van der Waals surface area contributed by atoms with E-state index in [-0.39, 0.29) is 41.3 Å². The van der Waals surface area contributed by atoms with Gasteiger partial charge in [0, 0.05) is 62.3 Å². The number of carbonyl (C=O) groups excluding carboxylic acids is 1. The van der Waals surface area contributed by atoms with Crippen LogP contribution in [0.2, 0.25) is 10.0 Å². The topological polar surface area (TPSA) is 177 Å². The minimum absolute atomic E-state index is 0.0648. The molecule has 2 saturated carbocycles. The number of carboxylic acids is 1. The molecule has 11 nitrogen and oxygen atoms in total. The molecule has 0 bridgehead atoms. The van der Waals surface area contributed by atoms with E-state index in [0.717, 1.165) is 53.8 Å². The number of carbonyl (C=O) groups is 2. The first kappa shape index (κ1) is 43.2. The van der Waals surface area contributed by atoms with Gasteiger partial charge in [-0.05, 0) is 140 Å². The fraction of sp³-hybridized carbons (Fsp3) is 0.429. The van der Waals surface area contributed by atoms with Crippen LogP contribution in [-0.4, -0.2) is 39.2 Å². The number of aryl methyl sites for hydroxylation is 4. The lowest BCUT2D eigenvalue weighted by molar-refractivity contribution is 0.0694. The van der Waals surface area contributed by atoms with Gasteiger partial charge in [-0.3, -0.25) is 14.4 Å². The molecule has 1 amide bonds. The Balaban J connectivity index is 0.000000204. The number of hydrogen-bond donors (Lipinski definition) is 5. The molecule has 296 valence electrons. The Labute approximate surface area is 332 Å². The van der Waals surface area contributed by atoms with Gasteiger partial charge in [0.15, 0.2) is 0 Å². The van der Waals surface area contributed by atoms with E-state index in [1.165, 1.54) is 31.7 Å². The molecule has 0 spiro atoms. The fourth-order valence-corrected chi connectivity index (χ4v) is 7.30. The lowest BCUT2D eigenvalue weighted by Gasteiger charge is -2.18. The number of nitrogens with one attached hydrogen (secondary N) is 3. The van der Waals surface area contributed by atoms with Crippen LogP contribution >= 0.6 is 23.2 Å². The number of aromatic nitrogens is 2.